The molecule has 0 radical (unpaired) electrons. The highest BCUT2D eigenvalue weighted by atomic mass is 35.5. The number of alkyl halides is 2. The zero-order chi connectivity index (χ0) is 24.5. The third kappa shape index (κ3) is 5.73. The van der Waals surface area contributed by atoms with Crippen LogP contribution in [0.4, 0.5) is 25.8 Å². The Morgan fingerprint density at radius 1 is 1.12 bits per heavy atom. The Hall–Kier alpha value is -2.46. The SMILES string of the molecule is COC(C)C(=O)Nc1c(F)ccc(NC(=O)c2cc(NC(=O)C3CC3(Cl)Cl)ccc2Cl)c1F. The standard InChI is InChI=1S/C21H18Cl3F2N3O4/c1-9(33-2)18(30)29-17-14(25)5-6-15(16(17)26)28-19(31)11-7-10(3-4-13(11)22)27-20(32)12-8-21(12,23)24/h3-7,9,12H,8H2,1-2H3,(H,27,32)(H,28,31)(H,29,30). The number of anilines is 3. The molecule has 0 aromatic heterocycles. The molecule has 1 aliphatic carbocycles. The number of methoxy groups -OCH3 is 1. The molecule has 3 N–H and O–H groups in total. The molecule has 2 unspecified atom stereocenters. The zero-order valence-corrected chi connectivity index (χ0v) is 19.5. The maximum atomic E-state index is 14.8. The second-order valence-electron chi connectivity index (χ2n) is 7.31. The predicted octanol–water partition coefficient (Wildman–Crippen LogP) is 4.98. The molecule has 0 aliphatic heterocycles. The highest BCUT2D eigenvalue weighted by Gasteiger charge is 2.56. The van der Waals surface area contributed by atoms with Crippen LogP contribution in [0.25, 0.3) is 0 Å². The van der Waals surface area contributed by atoms with Crippen molar-refractivity contribution in [2.24, 2.45) is 5.92 Å². The number of carbonyl (C=O) groups is 3. The van der Waals surface area contributed by atoms with Crippen molar-refractivity contribution < 1.29 is 27.9 Å². The summed E-state index contributed by atoms with van der Waals surface area (Å²) in [5, 5.41) is 6.97. The smallest absolute Gasteiger partial charge is 0.257 e. The topological polar surface area (TPSA) is 96.5 Å². The fraction of sp³-hybridized carbons (Fsp3) is 0.286. The molecule has 1 saturated carbocycles. The first kappa shape index (κ1) is 25.2. The number of benzene rings is 2. The van der Waals surface area contributed by atoms with E-state index in [1.807, 2.05) is 0 Å². The van der Waals surface area contributed by atoms with Gasteiger partial charge in [0, 0.05) is 12.8 Å². The Balaban J connectivity index is 1.79. The minimum Gasteiger partial charge on any atom is -0.372 e. The summed E-state index contributed by atoms with van der Waals surface area (Å²) in [5.41, 5.74) is -0.995. The van der Waals surface area contributed by atoms with Gasteiger partial charge in [-0.2, -0.15) is 0 Å². The molecule has 33 heavy (non-hydrogen) atoms. The lowest BCUT2D eigenvalue weighted by atomic mass is 10.1. The van der Waals surface area contributed by atoms with Gasteiger partial charge in [0.05, 0.1) is 22.2 Å². The van der Waals surface area contributed by atoms with Crippen molar-refractivity contribution in [3.05, 3.63) is 52.6 Å². The van der Waals surface area contributed by atoms with Crippen molar-refractivity contribution in [2.75, 3.05) is 23.1 Å². The van der Waals surface area contributed by atoms with Crippen LogP contribution in [0.2, 0.25) is 5.02 Å². The van der Waals surface area contributed by atoms with Gasteiger partial charge in [0.2, 0.25) is 5.91 Å². The Bertz CT molecular complexity index is 1130. The molecule has 3 amide bonds. The minimum atomic E-state index is -1.20. The highest BCUT2D eigenvalue weighted by molar-refractivity contribution is 6.52. The van der Waals surface area contributed by atoms with Gasteiger partial charge in [-0.05, 0) is 43.7 Å². The van der Waals surface area contributed by atoms with E-state index in [1.54, 1.807) is 0 Å². The van der Waals surface area contributed by atoms with Gasteiger partial charge in [-0.25, -0.2) is 8.78 Å². The van der Waals surface area contributed by atoms with Gasteiger partial charge in [-0.1, -0.05) is 11.6 Å². The van der Waals surface area contributed by atoms with E-state index < -0.39 is 57.1 Å². The molecule has 1 fully saturated rings. The van der Waals surface area contributed by atoms with Crippen molar-refractivity contribution >= 4 is 69.6 Å². The summed E-state index contributed by atoms with van der Waals surface area (Å²) >= 11 is 17.9. The summed E-state index contributed by atoms with van der Waals surface area (Å²) in [5.74, 6) is -4.87. The Morgan fingerprint density at radius 2 is 1.79 bits per heavy atom. The molecule has 1 aliphatic rings. The summed E-state index contributed by atoms with van der Waals surface area (Å²) in [4.78, 5) is 36.8. The summed E-state index contributed by atoms with van der Waals surface area (Å²) in [6, 6.07) is 5.99. The first-order valence-electron chi connectivity index (χ1n) is 9.56. The second kappa shape index (κ2) is 9.80. The number of nitrogens with one attached hydrogen (secondary N) is 3. The monoisotopic (exact) mass is 519 g/mol. The summed E-state index contributed by atoms with van der Waals surface area (Å²) < 4.78 is 32.6. The fourth-order valence-corrected chi connectivity index (χ4v) is 3.50. The Labute approximate surface area is 202 Å². The molecule has 2 atom stereocenters. The van der Waals surface area contributed by atoms with Crippen molar-refractivity contribution in [2.45, 2.75) is 23.8 Å². The second-order valence-corrected chi connectivity index (χ2v) is 9.26. The van der Waals surface area contributed by atoms with Crippen LogP contribution in [-0.4, -0.2) is 35.3 Å². The molecule has 2 aromatic carbocycles. The van der Waals surface area contributed by atoms with E-state index in [0.717, 1.165) is 12.1 Å². The van der Waals surface area contributed by atoms with Gasteiger partial charge >= 0.3 is 0 Å². The summed E-state index contributed by atoms with van der Waals surface area (Å²) in [6.07, 6.45) is -0.661. The highest BCUT2D eigenvalue weighted by Crippen LogP contribution is 2.53. The van der Waals surface area contributed by atoms with Crippen LogP contribution in [0.3, 0.4) is 0 Å². The van der Waals surface area contributed by atoms with Crippen LogP contribution in [0.15, 0.2) is 30.3 Å². The zero-order valence-electron chi connectivity index (χ0n) is 17.3. The number of ether oxygens (including phenoxy) is 1. The third-order valence-electron chi connectivity index (χ3n) is 4.93. The normalized spacial score (nSPS) is 17.1. The van der Waals surface area contributed by atoms with Gasteiger partial charge in [0.15, 0.2) is 5.82 Å². The van der Waals surface area contributed by atoms with E-state index in [1.165, 1.54) is 32.2 Å². The molecule has 0 bridgehead atoms. The molecule has 3 rings (SSSR count). The first-order chi connectivity index (χ1) is 15.4. The molecule has 2 aromatic rings. The van der Waals surface area contributed by atoms with E-state index in [9.17, 15) is 23.2 Å². The maximum absolute atomic E-state index is 14.8. The van der Waals surface area contributed by atoms with Crippen molar-refractivity contribution in [3.63, 3.8) is 0 Å². The van der Waals surface area contributed by atoms with E-state index in [4.69, 9.17) is 39.5 Å². The van der Waals surface area contributed by atoms with Crippen molar-refractivity contribution in [1.29, 1.82) is 0 Å². The number of rotatable bonds is 7. The van der Waals surface area contributed by atoms with Gasteiger partial charge in [0.25, 0.3) is 11.8 Å². The van der Waals surface area contributed by atoms with E-state index in [-0.39, 0.29) is 16.3 Å². The number of hydrogen-bond acceptors (Lipinski definition) is 4. The molecule has 0 saturated heterocycles. The molecular formula is C21H18Cl3F2N3O4. The summed E-state index contributed by atoms with van der Waals surface area (Å²) in [6.45, 7) is 1.40. The van der Waals surface area contributed by atoms with E-state index in [2.05, 4.69) is 16.0 Å². The third-order valence-corrected chi connectivity index (χ3v) is 6.10. The van der Waals surface area contributed by atoms with Gasteiger partial charge < -0.3 is 20.7 Å². The van der Waals surface area contributed by atoms with Crippen molar-refractivity contribution in [3.8, 4) is 0 Å². The van der Waals surface area contributed by atoms with Gasteiger partial charge in [-0.3, -0.25) is 14.4 Å². The molecule has 7 nitrogen and oxygen atoms in total. The minimum absolute atomic E-state index is 0.0194. The van der Waals surface area contributed by atoms with E-state index >= 15 is 0 Å². The maximum Gasteiger partial charge on any atom is 0.257 e. The lowest BCUT2D eigenvalue weighted by molar-refractivity contribution is -0.124. The molecular weight excluding hydrogens is 503 g/mol. The van der Waals surface area contributed by atoms with Crippen LogP contribution in [0.1, 0.15) is 23.7 Å². The molecule has 12 heteroatoms. The number of carbonyl (C=O) groups excluding carboxylic acids is 3. The Kier molecular flexibility index (Phi) is 7.48. The lowest BCUT2D eigenvalue weighted by Crippen LogP contribution is -2.27. The first-order valence-corrected chi connectivity index (χ1v) is 10.7. The van der Waals surface area contributed by atoms with Crippen LogP contribution >= 0.6 is 34.8 Å². The number of halogens is 5. The van der Waals surface area contributed by atoms with Gasteiger partial charge in [0.1, 0.15) is 21.9 Å². The molecule has 176 valence electrons. The number of hydrogen-bond donors (Lipinski definition) is 3. The number of amides is 3. The van der Waals surface area contributed by atoms with Crippen LogP contribution < -0.4 is 16.0 Å². The van der Waals surface area contributed by atoms with Gasteiger partial charge in [-0.15, -0.1) is 23.2 Å². The average molecular weight is 521 g/mol. The van der Waals surface area contributed by atoms with Crippen LogP contribution in [-0.2, 0) is 14.3 Å². The molecule has 0 spiro atoms. The average Bonchev–Trinajstić information content (AvgIpc) is 3.41. The van der Waals surface area contributed by atoms with Crippen LogP contribution in [0, 0.1) is 17.6 Å². The largest absolute Gasteiger partial charge is 0.372 e. The Morgan fingerprint density at radius 3 is 2.39 bits per heavy atom. The van der Waals surface area contributed by atoms with Crippen molar-refractivity contribution in [1.82, 2.24) is 0 Å². The van der Waals surface area contributed by atoms with E-state index in [0.29, 0.717) is 6.42 Å². The molecule has 0 heterocycles. The lowest BCUT2D eigenvalue weighted by Gasteiger charge is -2.15. The quantitative estimate of drug-likeness (QED) is 0.449. The summed E-state index contributed by atoms with van der Waals surface area (Å²) in [7, 11) is 1.26. The predicted molar refractivity (Wildman–Crippen MR) is 122 cm³/mol. The fourth-order valence-electron chi connectivity index (χ4n) is 2.79. The van der Waals surface area contributed by atoms with Crippen LogP contribution in [0.5, 0.6) is 0 Å².